The molecule has 1 N–H and O–H groups in total. The Kier molecular flexibility index (Phi) is 4.82. The third kappa shape index (κ3) is 3.20. The summed E-state index contributed by atoms with van der Waals surface area (Å²) in [5.74, 6) is 1.72. The molecule has 1 heterocycles. The van der Waals surface area contributed by atoms with Crippen LogP contribution in [0.25, 0.3) is 0 Å². The zero-order valence-corrected chi connectivity index (χ0v) is 12.4. The Hall–Kier alpha value is -0.130. The van der Waals surface area contributed by atoms with Gasteiger partial charge in [-0.15, -0.1) is 0 Å². The van der Waals surface area contributed by atoms with Crippen LogP contribution in [-0.2, 0) is 6.42 Å². The minimum absolute atomic E-state index is 0.691. The van der Waals surface area contributed by atoms with E-state index in [2.05, 4.69) is 35.4 Å². The number of nitrogens with one attached hydrogen (secondary N) is 1. The molecule has 0 amide bonds. The average molecular weight is 271 g/mol. The molecule has 0 radical (unpaired) electrons. The summed E-state index contributed by atoms with van der Waals surface area (Å²) in [6, 6.07) is 0.691. The molecule has 17 heavy (non-hydrogen) atoms. The molecule has 1 fully saturated rings. The molecule has 2 rings (SSSR count). The first-order valence-corrected chi connectivity index (χ1v) is 8.12. The fraction of sp³-hybridized carbons (Fsp3) is 0.833. The van der Waals surface area contributed by atoms with Crippen molar-refractivity contribution in [2.24, 2.45) is 5.92 Å². The number of hydrogen-bond donors (Lipinski definition) is 1. The lowest BCUT2D eigenvalue weighted by molar-refractivity contribution is 0.441. The molecule has 3 unspecified atom stereocenters. The summed E-state index contributed by atoms with van der Waals surface area (Å²) in [7, 11) is 0. The van der Waals surface area contributed by atoms with Crippen LogP contribution in [0.4, 0.5) is 0 Å². The predicted molar refractivity (Wildman–Crippen MR) is 74.8 cm³/mol. The quantitative estimate of drug-likeness (QED) is 0.893. The van der Waals surface area contributed by atoms with Gasteiger partial charge >= 0.3 is 0 Å². The fourth-order valence-corrected chi connectivity index (χ4v) is 4.63. The first kappa shape index (κ1) is 13.3. The number of aryl methyl sites for hydroxylation is 1. The van der Waals surface area contributed by atoms with Crippen molar-refractivity contribution in [3.8, 4) is 0 Å². The van der Waals surface area contributed by atoms with E-state index in [9.17, 15) is 0 Å². The van der Waals surface area contributed by atoms with Gasteiger partial charge in [-0.3, -0.25) is 0 Å². The fourth-order valence-electron chi connectivity index (χ4n) is 2.40. The Morgan fingerprint density at radius 2 is 2.24 bits per heavy atom. The van der Waals surface area contributed by atoms with Gasteiger partial charge in [0.1, 0.15) is 5.82 Å². The van der Waals surface area contributed by atoms with E-state index < -0.39 is 0 Å². The Morgan fingerprint density at radius 3 is 2.88 bits per heavy atom. The van der Waals surface area contributed by atoms with E-state index in [1.807, 2.05) is 11.8 Å². The van der Waals surface area contributed by atoms with Gasteiger partial charge in [-0.25, -0.2) is 4.98 Å². The summed E-state index contributed by atoms with van der Waals surface area (Å²) in [6.45, 7) is 7.73. The van der Waals surface area contributed by atoms with Crippen LogP contribution in [-0.4, -0.2) is 27.2 Å². The minimum Gasteiger partial charge on any atom is -0.314 e. The lowest BCUT2D eigenvalue weighted by atomic mass is 10.1. The summed E-state index contributed by atoms with van der Waals surface area (Å²) >= 11 is 3.49. The highest BCUT2D eigenvalue weighted by molar-refractivity contribution is 8.01. The molecule has 0 bridgehead atoms. The number of rotatable bonds is 5. The molecule has 0 saturated heterocycles. The molecule has 3 nitrogen and oxygen atoms in total. The number of hydrogen-bond acceptors (Lipinski definition) is 5. The number of nitrogens with zero attached hydrogens (tertiary/aromatic N) is 2. The Morgan fingerprint density at radius 1 is 1.41 bits per heavy atom. The van der Waals surface area contributed by atoms with Crippen molar-refractivity contribution in [2.75, 3.05) is 6.54 Å². The molecule has 0 aliphatic heterocycles. The third-order valence-electron chi connectivity index (χ3n) is 3.47. The molecule has 1 aromatic heterocycles. The predicted octanol–water partition coefficient (Wildman–Crippen LogP) is 2.97. The normalized spacial score (nSPS) is 28.8. The van der Waals surface area contributed by atoms with Crippen LogP contribution in [0.5, 0.6) is 0 Å². The van der Waals surface area contributed by atoms with Crippen LogP contribution in [0, 0.1) is 5.92 Å². The van der Waals surface area contributed by atoms with Gasteiger partial charge in [0.25, 0.3) is 0 Å². The van der Waals surface area contributed by atoms with Crippen LogP contribution in [0.3, 0.4) is 0 Å². The summed E-state index contributed by atoms with van der Waals surface area (Å²) in [6.07, 6.45) is 3.54. The van der Waals surface area contributed by atoms with Crippen molar-refractivity contribution in [2.45, 2.75) is 55.7 Å². The zero-order valence-electron chi connectivity index (χ0n) is 10.8. The first-order valence-electron chi connectivity index (χ1n) is 6.47. The molecule has 0 aromatic carbocycles. The molecule has 1 saturated carbocycles. The Balaban J connectivity index is 1.91. The molecule has 96 valence electrons. The average Bonchev–Trinajstić information content (AvgIpc) is 2.91. The van der Waals surface area contributed by atoms with Crippen molar-refractivity contribution in [1.29, 1.82) is 0 Å². The molecule has 5 heteroatoms. The summed E-state index contributed by atoms with van der Waals surface area (Å²) < 4.78 is 5.50. The van der Waals surface area contributed by atoms with Gasteiger partial charge in [0.05, 0.1) is 0 Å². The van der Waals surface area contributed by atoms with Gasteiger partial charge in [0.2, 0.25) is 0 Å². The number of thioether (sulfide) groups is 1. The van der Waals surface area contributed by atoms with Gasteiger partial charge in [-0.05, 0) is 36.8 Å². The van der Waals surface area contributed by atoms with E-state index in [1.165, 1.54) is 12.8 Å². The topological polar surface area (TPSA) is 37.8 Å². The second-order valence-corrected chi connectivity index (χ2v) is 6.83. The van der Waals surface area contributed by atoms with E-state index in [1.54, 1.807) is 11.5 Å². The van der Waals surface area contributed by atoms with Crippen molar-refractivity contribution >= 4 is 23.3 Å². The summed E-state index contributed by atoms with van der Waals surface area (Å²) in [5, 5.41) is 4.29. The van der Waals surface area contributed by atoms with E-state index in [-0.39, 0.29) is 0 Å². The third-order valence-corrected chi connectivity index (χ3v) is 5.79. The highest BCUT2D eigenvalue weighted by Gasteiger charge is 2.33. The van der Waals surface area contributed by atoms with Crippen molar-refractivity contribution in [3.05, 3.63) is 5.82 Å². The molecular weight excluding hydrogens is 250 g/mol. The van der Waals surface area contributed by atoms with E-state index in [0.29, 0.717) is 11.3 Å². The number of aromatic nitrogens is 2. The monoisotopic (exact) mass is 271 g/mol. The van der Waals surface area contributed by atoms with Gasteiger partial charge in [0.15, 0.2) is 4.34 Å². The van der Waals surface area contributed by atoms with Crippen LogP contribution in [0.2, 0.25) is 0 Å². The van der Waals surface area contributed by atoms with Crippen LogP contribution in [0.1, 0.15) is 39.4 Å². The van der Waals surface area contributed by atoms with Crippen molar-refractivity contribution in [3.63, 3.8) is 0 Å². The molecule has 1 aliphatic rings. The highest BCUT2D eigenvalue weighted by Crippen LogP contribution is 2.39. The molecule has 3 atom stereocenters. The second kappa shape index (κ2) is 6.16. The summed E-state index contributed by atoms with van der Waals surface area (Å²) in [5.41, 5.74) is 0. The van der Waals surface area contributed by atoms with Crippen molar-refractivity contribution in [1.82, 2.24) is 14.7 Å². The van der Waals surface area contributed by atoms with E-state index in [4.69, 9.17) is 0 Å². The van der Waals surface area contributed by atoms with Crippen molar-refractivity contribution < 1.29 is 0 Å². The second-order valence-electron chi connectivity index (χ2n) is 4.59. The molecular formula is C12H21N3S2. The lowest BCUT2D eigenvalue weighted by Crippen LogP contribution is -2.32. The van der Waals surface area contributed by atoms with Gasteiger partial charge in [-0.2, -0.15) is 4.37 Å². The minimum atomic E-state index is 0.691. The maximum Gasteiger partial charge on any atom is 0.170 e. The Labute approximate surface area is 112 Å². The van der Waals surface area contributed by atoms with Crippen LogP contribution in [0.15, 0.2) is 4.34 Å². The first-order chi connectivity index (χ1) is 8.24. The smallest absolute Gasteiger partial charge is 0.170 e. The van der Waals surface area contributed by atoms with Gasteiger partial charge in [-0.1, -0.05) is 32.5 Å². The van der Waals surface area contributed by atoms with Crippen LogP contribution >= 0.6 is 23.3 Å². The maximum absolute atomic E-state index is 4.55. The lowest BCUT2D eigenvalue weighted by Gasteiger charge is -2.19. The van der Waals surface area contributed by atoms with Crippen LogP contribution < -0.4 is 5.32 Å². The van der Waals surface area contributed by atoms with Gasteiger partial charge in [0, 0.05) is 17.7 Å². The molecule has 0 spiro atoms. The Bertz CT molecular complexity index is 353. The zero-order chi connectivity index (χ0) is 12.3. The van der Waals surface area contributed by atoms with E-state index in [0.717, 1.165) is 29.0 Å². The van der Waals surface area contributed by atoms with Gasteiger partial charge < -0.3 is 5.32 Å². The maximum atomic E-state index is 4.55. The van der Waals surface area contributed by atoms with E-state index >= 15 is 0 Å². The largest absolute Gasteiger partial charge is 0.314 e. The summed E-state index contributed by atoms with van der Waals surface area (Å²) in [4.78, 5) is 4.55. The standard InChI is InChI=1S/C12H21N3S2/c1-4-11-14-12(17-15-11)16-10-7-6-9(8(10)3)13-5-2/h8-10,13H,4-7H2,1-3H3. The SMILES string of the molecule is CCNC1CCC(Sc2nc(CC)ns2)C1C. The highest BCUT2D eigenvalue weighted by atomic mass is 32.2. The molecule has 1 aliphatic carbocycles. The molecule has 1 aromatic rings.